The monoisotopic (exact) mass is 602 g/mol. The molecule has 3 aliphatic heterocycles. The number of thioether (sulfide) groups is 2. The number of carbonyl (C=O) groups excluding carboxylic acids is 5. The van der Waals surface area contributed by atoms with Crippen molar-refractivity contribution in [2.75, 3.05) is 19.8 Å². The third kappa shape index (κ3) is 6.44. The van der Waals surface area contributed by atoms with Crippen LogP contribution in [-0.4, -0.2) is 100 Å². The minimum atomic E-state index is -1.65. The quantitative estimate of drug-likeness (QED) is 0.115. The molecule has 3 amide bonds. The molecule has 0 bridgehead atoms. The van der Waals surface area contributed by atoms with Crippen LogP contribution in [0.15, 0.2) is 28.1 Å². The van der Waals surface area contributed by atoms with Crippen LogP contribution in [-0.2, 0) is 33.3 Å². The number of primary amides is 1. The van der Waals surface area contributed by atoms with Crippen LogP contribution in [0.3, 0.4) is 0 Å². The van der Waals surface area contributed by atoms with Crippen molar-refractivity contribution >= 4 is 53.6 Å². The molecule has 0 aromatic rings. The van der Waals surface area contributed by atoms with Crippen LogP contribution < -0.4 is 11.5 Å². The molecule has 1 saturated heterocycles. The smallest absolute Gasteiger partial charge is 0.431 e. The molecule has 5 unspecified atom stereocenters. The Bertz CT molecular complexity index is 1130. The number of fused-ring (bicyclic) bond motifs is 1. The van der Waals surface area contributed by atoms with E-state index in [4.69, 9.17) is 30.4 Å². The molecule has 3 aliphatic rings. The maximum absolute atomic E-state index is 13.5. The van der Waals surface area contributed by atoms with E-state index in [9.17, 15) is 28.9 Å². The fourth-order valence-electron chi connectivity index (χ4n) is 3.95. The van der Waals surface area contributed by atoms with E-state index in [1.807, 2.05) is 0 Å². The summed E-state index contributed by atoms with van der Waals surface area (Å²) in [6, 6.07) is -1.65. The van der Waals surface area contributed by atoms with Gasteiger partial charge in [-0.15, -0.1) is 16.7 Å². The van der Waals surface area contributed by atoms with E-state index in [0.717, 1.165) is 16.7 Å². The van der Waals surface area contributed by atoms with Crippen LogP contribution in [0.25, 0.3) is 0 Å². The summed E-state index contributed by atoms with van der Waals surface area (Å²) in [5, 5.41) is 3.45. The lowest BCUT2D eigenvalue weighted by atomic mass is 9.93. The summed E-state index contributed by atoms with van der Waals surface area (Å²) in [6.07, 6.45) is -3.54. The van der Waals surface area contributed by atoms with Gasteiger partial charge in [0.1, 0.15) is 22.5 Å². The molecule has 40 heavy (non-hydrogen) atoms. The molecule has 4 N–H and O–H groups in total. The summed E-state index contributed by atoms with van der Waals surface area (Å²) in [6.45, 7) is 4.55. The molecule has 220 valence electrons. The number of carbonyl (C=O) groups is 5. The first-order valence-electron chi connectivity index (χ1n) is 11.9. The minimum absolute atomic E-state index is 0.0296. The number of nitrogens with two attached hydrogens (primary N) is 2. The number of amides is 3. The van der Waals surface area contributed by atoms with Crippen LogP contribution >= 0.6 is 23.5 Å². The van der Waals surface area contributed by atoms with Gasteiger partial charge in [-0.05, 0) is 30.5 Å². The summed E-state index contributed by atoms with van der Waals surface area (Å²) in [5.74, 6) is -3.42. The first kappa shape index (κ1) is 31.0. The van der Waals surface area contributed by atoms with Gasteiger partial charge in [0.25, 0.3) is 5.91 Å². The fourth-order valence-corrected chi connectivity index (χ4v) is 6.13. The average molecular weight is 603 g/mol. The lowest BCUT2D eigenvalue weighted by molar-refractivity contribution is -0.176. The minimum Gasteiger partial charge on any atom is -0.431 e. The summed E-state index contributed by atoms with van der Waals surface area (Å²) in [7, 11) is 2.85. The zero-order valence-electron chi connectivity index (χ0n) is 22.2. The highest BCUT2D eigenvalue weighted by atomic mass is 32.2. The molecular weight excluding hydrogens is 572 g/mol. The Balaban J connectivity index is 1.84. The van der Waals surface area contributed by atoms with Crippen LogP contribution in [0.1, 0.15) is 20.8 Å². The Morgan fingerprint density at radius 2 is 1.80 bits per heavy atom. The van der Waals surface area contributed by atoms with Crippen LogP contribution in [0.2, 0.25) is 0 Å². The number of nitroso groups, excluding NO2 is 1. The van der Waals surface area contributed by atoms with E-state index in [-0.39, 0.29) is 17.1 Å². The normalized spacial score (nSPS) is 24.0. The molecule has 0 aromatic heterocycles. The van der Waals surface area contributed by atoms with Gasteiger partial charge in [-0.25, -0.2) is 14.4 Å². The lowest BCUT2D eigenvalue weighted by Crippen LogP contribution is -2.68. The fraction of sp³-hybridized carbons (Fsp3) is 0.591. The molecule has 0 aliphatic carbocycles. The highest BCUT2D eigenvalue weighted by Gasteiger charge is 2.60. The molecule has 1 fully saturated rings. The molecule has 3 heterocycles. The summed E-state index contributed by atoms with van der Waals surface area (Å²) in [5.41, 5.74) is 10.5. The number of rotatable bonds is 10. The van der Waals surface area contributed by atoms with Crippen LogP contribution in [0.4, 0.5) is 9.59 Å². The second kappa shape index (κ2) is 12.8. The molecule has 0 radical (unpaired) electrons. The van der Waals surface area contributed by atoms with E-state index < -0.39 is 71.5 Å². The molecule has 6 atom stereocenters. The molecular formula is C22H30N6O10S2. The number of hydrogen-bond donors (Lipinski definition) is 2. The maximum Gasteiger partial charge on any atom is 0.511 e. The summed E-state index contributed by atoms with van der Waals surface area (Å²) in [4.78, 5) is 77.6. The van der Waals surface area contributed by atoms with Gasteiger partial charge in [0.15, 0.2) is 6.23 Å². The molecule has 0 aromatic carbocycles. The Labute approximate surface area is 237 Å². The van der Waals surface area contributed by atoms with Crippen molar-refractivity contribution in [1.29, 1.82) is 0 Å². The molecule has 16 nitrogen and oxygen atoms in total. The summed E-state index contributed by atoms with van der Waals surface area (Å²) >= 11 is 2.27. The number of nitrogens with zero attached hydrogens (tertiary/aromatic N) is 4. The van der Waals surface area contributed by atoms with E-state index in [1.165, 1.54) is 54.1 Å². The second-order valence-electron chi connectivity index (χ2n) is 9.11. The second-order valence-corrected chi connectivity index (χ2v) is 11.3. The van der Waals surface area contributed by atoms with Gasteiger partial charge in [0, 0.05) is 26.8 Å². The van der Waals surface area contributed by atoms with Gasteiger partial charge in [-0.2, -0.15) is 0 Å². The first-order chi connectivity index (χ1) is 18.8. The number of β-lactam (4-membered cyclic amide) rings is 1. The van der Waals surface area contributed by atoms with Gasteiger partial charge in [0.2, 0.25) is 18.2 Å². The first-order valence-corrected chi connectivity index (χ1v) is 13.9. The lowest BCUT2D eigenvalue weighted by Gasteiger charge is -2.52. The summed E-state index contributed by atoms with van der Waals surface area (Å²) < 4.78 is 20.6. The number of ether oxygens (including phenoxy) is 4. The Kier molecular flexibility index (Phi) is 9.91. The predicted molar refractivity (Wildman–Crippen MR) is 141 cm³/mol. The SMILES string of the molecule is CC(C)OC(=O)OC(C)OC(=O)C1=CCS[C@H]2C(C(OC(=O)N(C)C)N3C(C(N=O)C(N)=O)=CSC3N)C(=O)N12. The Morgan fingerprint density at radius 1 is 1.12 bits per heavy atom. The Hall–Kier alpha value is -3.51. The van der Waals surface area contributed by atoms with Crippen LogP contribution in [0.5, 0.6) is 0 Å². The van der Waals surface area contributed by atoms with E-state index in [0.29, 0.717) is 0 Å². The number of hydrogen-bond acceptors (Lipinski definition) is 15. The molecule has 0 spiro atoms. The van der Waals surface area contributed by atoms with E-state index in [2.05, 4.69) is 5.18 Å². The third-order valence-corrected chi connectivity index (χ3v) is 7.78. The highest BCUT2D eigenvalue weighted by Crippen LogP contribution is 2.47. The molecule has 0 saturated carbocycles. The zero-order chi connectivity index (χ0) is 29.9. The van der Waals surface area contributed by atoms with E-state index in [1.54, 1.807) is 13.8 Å². The average Bonchev–Trinajstić information content (AvgIpc) is 3.22. The Morgan fingerprint density at radius 3 is 2.38 bits per heavy atom. The van der Waals surface area contributed by atoms with Gasteiger partial charge in [-0.3, -0.25) is 14.5 Å². The largest absolute Gasteiger partial charge is 0.511 e. The van der Waals surface area contributed by atoms with Gasteiger partial charge in [0.05, 0.1) is 11.8 Å². The zero-order valence-corrected chi connectivity index (χ0v) is 23.9. The van der Waals surface area contributed by atoms with Crippen molar-refractivity contribution in [1.82, 2.24) is 14.7 Å². The van der Waals surface area contributed by atoms with Crippen molar-refractivity contribution in [2.24, 2.45) is 22.6 Å². The van der Waals surface area contributed by atoms with Gasteiger partial charge in [-0.1, -0.05) is 11.8 Å². The van der Waals surface area contributed by atoms with Crippen molar-refractivity contribution in [3.8, 4) is 0 Å². The van der Waals surface area contributed by atoms with Gasteiger partial charge >= 0.3 is 18.2 Å². The highest BCUT2D eigenvalue weighted by molar-refractivity contribution is 8.02. The van der Waals surface area contributed by atoms with Crippen molar-refractivity contribution < 1.29 is 42.9 Å². The maximum atomic E-state index is 13.5. The standard InChI is InChI=1S/C22H30N6O10S2/c1-9(2)35-22(33)37-10(3)36-19(31)11-6-7-39-18-13(16(30)27(11)18)17(38-21(32)26(4)5)28-12(8-40-20(28)24)14(25-34)15(23)29/h6,8-10,13-14,17-18,20H,7,24H2,1-5H3,(H2,23,29)/t10?,13?,14?,17?,18-,20?/m0/s1. The van der Waals surface area contributed by atoms with Crippen molar-refractivity contribution in [3.63, 3.8) is 0 Å². The third-order valence-electron chi connectivity index (χ3n) is 5.69. The molecule has 18 heteroatoms. The topological polar surface area (TPSA) is 213 Å². The van der Waals surface area contributed by atoms with Crippen molar-refractivity contribution in [2.45, 2.75) is 56.3 Å². The van der Waals surface area contributed by atoms with Crippen LogP contribution in [0, 0.1) is 10.8 Å². The van der Waals surface area contributed by atoms with Crippen molar-refractivity contribution in [3.05, 3.63) is 27.8 Å². The predicted octanol–water partition coefficient (Wildman–Crippen LogP) is 0.630. The van der Waals surface area contributed by atoms with E-state index >= 15 is 0 Å². The molecule has 3 rings (SSSR count). The van der Waals surface area contributed by atoms with Gasteiger partial charge < -0.3 is 40.2 Å². The number of esters is 1.